The molecule has 3 N–H and O–H groups in total. The molecule has 7 heteroatoms. The lowest BCUT2D eigenvalue weighted by molar-refractivity contribution is -0.126. The molecule has 1 aromatic carbocycles. The number of nitrogens with one attached hydrogen (secondary N) is 3. The largest absolute Gasteiger partial charge is 0.355 e. The molecule has 0 spiro atoms. The Balaban J connectivity index is 1.55. The van der Waals surface area contributed by atoms with E-state index in [1.807, 2.05) is 18.2 Å². The van der Waals surface area contributed by atoms with Crippen LogP contribution in [-0.2, 0) is 4.79 Å². The molecule has 1 aliphatic heterocycles. The highest BCUT2D eigenvalue weighted by Gasteiger charge is 2.28. The highest BCUT2D eigenvalue weighted by atomic mass is 16.2. The van der Waals surface area contributed by atoms with Gasteiger partial charge in [0, 0.05) is 37.1 Å². The fraction of sp³-hybridized carbons (Fsp3) is 0.526. The Hall–Kier alpha value is -2.41. The van der Waals surface area contributed by atoms with Crippen molar-refractivity contribution in [1.82, 2.24) is 25.7 Å². The van der Waals surface area contributed by atoms with Crippen molar-refractivity contribution in [2.45, 2.75) is 26.2 Å². The first-order chi connectivity index (χ1) is 12.7. The molecule has 1 unspecified atom stereocenters. The number of nitrogens with zero attached hydrogens (tertiary/aromatic N) is 2. The van der Waals surface area contributed by atoms with Crippen LogP contribution in [0.1, 0.15) is 36.5 Å². The van der Waals surface area contributed by atoms with Crippen LogP contribution in [0.3, 0.4) is 0 Å². The second-order valence-corrected chi connectivity index (χ2v) is 6.80. The molecule has 1 saturated heterocycles. The van der Waals surface area contributed by atoms with E-state index in [4.69, 9.17) is 0 Å². The van der Waals surface area contributed by atoms with Crippen LogP contribution < -0.4 is 10.6 Å². The van der Waals surface area contributed by atoms with Gasteiger partial charge in [0.15, 0.2) is 0 Å². The van der Waals surface area contributed by atoms with Gasteiger partial charge in [0.05, 0.1) is 17.6 Å². The summed E-state index contributed by atoms with van der Waals surface area (Å²) in [4.78, 5) is 27.0. The standard InChI is InChI=1S/C19H27N5O2/c1-2-7-20-8-9-21-18(25)15-4-3-10-24(13-15)19(26)14-5-6-17-16(11-14)12-22-23-17/h5-6,11-12,15,20H,2-4,7-10,13H2,1H3,(H,21,25)(H,22,23). The fourth-order valence-electron chi connectivity index (χ4n) is 3.35. The summed E-state index contributed by atoms with van der Waals surface area (Å²) in [5, 5.41) is 14.0. The lowest BCUT2D eigenvalue weighted by atomic mass is 9.96. The molecule has 26 heavy (non-hydrogen) atoms. The van der Waals surface area contributed by atoms with Gasteiger partial charge in [-0.1, -0.05) is 6.92 Å². The molecule has 140 valence electrons. The summed E-state index contributed by atoms with van der Waals surface area (Å²) in [5.74, 6) is -0.0992. The Morgan fingerprint density at radius 2 is 2.19 bits per heavy atom. The Morgan fingerprint density at radius 3 is 3.04 bits per heavy atom. The lowest BCUT2D eigenvalue weighted by Crippen LogP contribution is -2.46. The van der Waals surface area contributed by atoms with Crippen LogP contribution in [0.25, 0.3) is 10.9 Å². The van der Waals surface area contributed by atoms with Crippen LogP contribution in [0.15, 0.2) is 24.4 Å². The maximum absolute atomic E-state index is 12.8. The second kappa shape index (κ2) is 8.80. The van der Waals surface area contributed by atoms with Gasteiger partial charge in [-0.25, -0.2) is 0 Å². The van der Waals surface area contributed by atoms with Crippen molar-refractivity contribution in [3.8, 4) is 0 Å². The van der Waals surface area contributed by atoms with E-state index in [0.29, 0.717) is 25.2 Å². The summed E-state index contributed by atoms with van der Waals surface area (Å²) >= 11 is 0. The van der Waals surface area contributed by atoms with E-state index in [1.54, 1.807) is 11.1 Å². The highest BCUT2D eigenvalue weighted by molar-refractivity contribution is 5.98. The van der Waals surface area contributed by atoms with Gasteiger partial charge in [-0.05, 0) is 44.0 Å². The van der Waals surface area contributed by atoms with Crippen molar-refractivity contribution in [2.24, 2.45) is 5.92 Å². The number of amides is 2. The molecule has 7 nitrogen and oxygen atoms in total. The van der Waals surface area contributed by atoms with Gasteiger partial charge in [-0.15, -0.1) is 0 Å². The Labute approximate surface area is 153 Å². The fourth-order valence-corrected chi connectivity index (χ4v) is 3.35. The first-order valence-electron chi connectivity index (χ1n) is 9.40. The number of carbonyl (C=O) groups excluding carboxylic acids is 2. The Kier molecular flexibility index (Phi) is 6.22. The quantitative estimate of drug-likeness (QED) is 0.656. The maximum Gasteiger partial charge on any atom is 0.253 e. The first-order valence-corrected chi connectivity index (χ1v) is 9.40. The number of hydrogen-bond donors (Lipinski definition) is 3. The lowest BCUT2D eigenvalue weighted by Gasteiger charge is -2.32. The van der Waals surface area contributed by atoms with E-state index in [1.165, 1.54) is 0 Å². The number of rotatable bonds is 7. The minimum Gasteiger partial charge on any atom is -0.355 e. The molecular formula is C19H27N5O2. The maximum atomic E-state index is 12.8. The number of aromatic amines is 1. The summed E-state index contributed by atoms with van der Waals surface area (Å²) in [7, 11) is 0. The van der Waals surface area contributed by atoms with Crippen molar-refractivity contribution in [1.29, 1.82) is 0 Å². The molecule has 0 aliphatic carbocycles. The molecule has 1 aromatic heterocycles. The number of carbonyl (C=O) groups is 2. The monoisotopic (exact) mass is 357 g/mol. The van der Waals surface area contributed by atoms with Crippen LogP contribution in [0.2, 0.25) is 0 Å². The Bertz CT molecular complexity index is 757. The average molecular weight is 357 g/mol. The van der Waals surface area contributed by atoms with Crippen molar-refractivity contribution in [2.75, 3.05) is 32.7 Å². The number of benzene rings is 1. The number of aromatic nitrogens is 2. The zero-order chi connectivity index (χ0) is 18.4. The number of H-pyrrole nitrogens is 1. The van der Waals surface area contributed by atoms with Crippen LogP contribution >= 0.6 is 0 Å². The molecule has 0 saturated carbocycles. The van der Waals surface area contributed by atoms with Gasteiger partial charge in [-0.3, -0.25) is 14.7 Å². The predicted octanol–water partition coefficient (Wildman–Crippen LogP) is 1.53. The summed E-state index contributed by atoms with van der Waals surface area (Å²) < 4.78 is 0. The van der Waals surface area contributed by atoms with Gasteiger partial charge in [-0.2, -0.15) is 5.10 Å². The van der Waals surface area contributed by atoms with Crippen LogP contribution in [-0.4, -0.2) is 59.6 Å². The predicted molar refractivity (Wildman–Crippen MR) is 101 cm³/mol. The number of likely N-dealkylation sites (tertiary alicyclic amines) is 1. The number of piperidine rings is 1. The van der Waals surface area contributed by atoms with E-state index < -0.39 is 0 Å². The molecular weight excluding hydrogens is 330 g/mol. The topological polar surface area (TPSA) is 90.1 Å². The van der Waals surface area contributed by atoms with E-state index >= 15 is 0 Å². The smallest absolute Gasteiger partial charge is 0.253 e. The van der Waals surface area contributed by atoms with Gasteiger partial charge >= 0.3 is 0 Å². The third kappa shape index (κ3) is 4.40. The molecule has 2 amide bonds. The third-order valence-electron chi connectivity index (χ3n) is 4.79. The van der Waals surface area contributed by atoms with Gasteiger partial charge in [0.1, 0.15) is 0 Å². The minimum absolute atomic E-state index is 0.0183. The Morgan fingerprint density at radius 1 is 1.31 bits per heavy atom. The van der Waals surface area contributed by atoms with Crippen LogP contribution in [0.4, 0.5) is 0 Å². The van der Waals surface area contributed by atoms with E-state index in [9.17, 15) is 9.59 Å². The van der Waals surface area contributed by atoms with E-state index in [-0.39, 0.29) is 17.7 Å². The SMILES string of the molecule is CCCNCCNC(=O)C1CCCN(C(=O)c2ccc3[nH]ncc3c2)C1. The molecule has 3 rings (SSSR count). The second-order valence-electron chi connectivity index (χ2n) is 6.80. The molecule has 2 aromatic rings. The average Bonchev–Trinajstić information content (AvgIpc) is 3.15. The van der Waals surface area contributed by atoms with E-state index in [0.717, 1.165) is 43.3 Å². The molecule has 0 radical (unpaired) electrons. The third-order valence-corrected chi connectivity index (χ3v) is 4.79. The van der Waals surface area contributed by atoms with Crippen molar-refractivity contribution < 1.29 is 9.59 Å². The normalized spacial score (nSPS) is 17.4. The first kappa shape index (κ1) is 18.4. The highest BCUT2D eigenvalue weighted by Crippen LogP contribution is 2.20. The molecule has 1 aliphatic rings. The molecule has 1 fully saturated rings. The number of hydrogen-bond acceptors (Lipinski definition) is 4. The van der Waals surface area contributed by atoms with Crippen molar-refractivity contribution in [3.63, 3.8) is 0 Å². The zero-order valence-corrected chi connectivity index (χ0v) is 15.3. The summed E-state index contributed by atoms with van der Waals surface area (Å²) in [5.41, 5.74) is 1.55. The molecule has 2 heterocycles. The number of fused-ring (bicyclic) bond motifs is 1. The van der Waals surface area contributed by atoms with Crippen LogP contribution in [0.5, 0.6) is 0 Å². The van der Waals surface area contributed by atoms with Crippen molar-refractivity contribution in [3.05, 3.63) is 30.0 Å². The zero-order valence-electron chi connectivity index (χ0n) is 15.3. The van der Waals surface area contributed by atoms with Gasteiger partial charge in [0.2, 0.25) is 5.91 Å². The van der Waals surface area contributed by atoms with E-state index in [2.05, 4.69) is 27.8 Å². The summed E-state index contributed by atoms with van der Waals surface area (Å²) in [6, 6.07) is 5.53. The summed E-state index contributed by atoms with van der Waals surface area (Å²) in [6.07, 6.45) is 4.48. The van der Waals surface area contributed by atoms with Gasteiger partial charge < -0.3 is 15.5 Å². The molecule has 1 atom stereocenters. The minimum atomic E-state index is -0.128. The molecule has 0 bridgehead atoms. The van der Waals surface area contributed by atoms with Gasteiger partial charge in [0.25, 0.3) is 5.91 Å². The van der Waals surface area contributed by atoms with Crippen LogP contribution in [0, 0.1) is 5.92 Å². The summed E-state index contributed by atoms with van der Waals surface area (Å²) in [6.45, 7) is 5.66. The van der Waals surface area contributed by atoms with Crippen molar-refractivity contribution >= 4 is 22.7 Å².